The van der Waals surface area contributed by atoms with Gasteiger partial charge < -0.3 is 16.4 Å². The Bertz CT molecular complexity index is 847. The van der Waals surface area contributed by atoms with Crippen molar-refractivity contribution in [2.24, 2.45) is 17.6 Å². The summed E-state index contributed by atoms with van der Waals surface area (Å²) in [6, 6.07) is 7.93. The first-order valence-corrected chi connectivity index (χ1v) is 9.76. The van der Waals surface area contributed by atoms with Crippen LogP contribution in [-0.4, -0.2) is 52.5 Å². The molecular formula is C20H28N6O. The highest BCUT2D eigenvalue weighted by atomic mass is 16.1. The van der Waals surface area contributed by atoms with Gasteiger partial charge in [-0.15, -0.1) is 0 Å². The SMILES string of the molecule is CC(C)C1CC1(Nc1nc(CN2CCNCC2)nc2ccccc12)C(N)=O. The molecule has 7 nitrogen and oxygen atoms in total. The lowest BCUT2D eigenvalue weighted by Gasteiger charge is -2.27. The smallest absolute Gasteiger partial charge is 0.243 e. The fourth-order valence-electron chi connectivity index (χ4n) is 4.15. The number of fused-ring (bicyclic) bond motifs is 1. The number of hydrogen-bond acceptors (Lipinski definition) is 6. The van der Waals surface area contributed by atoms with Crippen LogP contribution in [0.2, 0.25) is 0 Å². The number of carbonyl (C=O) groups excluding carboxylic acids is 1. The van der Waals surface area contributed by atoms with Gasteiger partial charge in [0, 0.05) is 31.6 Å². The van der Waals surface area contributed by atoms with Crippen molar-refractivity contribution in [1.29, 1.82) is 0 Å². The number of benzene rings is 1. The van der Waals surface area contributed by atoms with E-state index >= 15 is 0 Å². The third-order valence-corrected chi connectivity index (χ3v) is 5.82. The van der Waals surface area contributed by atoms with Gasteiger partial charge in [0.25, 0.3) is 0 Å². The molecular weight excluding hydrogens is 340 g/mol. The summed E-state index contributed by atoms with van der Waals surface area (Å²) in [4.78, 5) is 24.1. The topological polar surface area (TPSA) is 96.2 Å². The van der Waals surface area contributed by atoms with Crippen LogP contribution >= 0.6 is 0 Å². The Balaban J connectivity index is 1.67. The summed E-state index contributed by atoms with van der Waals surface area (Å²) in [5.74, 6) is 1.82. The van der Waals surface area contributed by atoms with E-state index in [-0.39, 0.29) is 11.8 Å². The predicted molar refractivity (Wildman–Crippen MR) is 106 cm³/mol. The van der Waals surface area contributed by atoms with E-state index in [4.69, 9.17) is 15.7 Å². The summed E-state index contributed by atoms with van der Waals surface area (Å²) in [5, 5.41) is 7.71. The Morgan fingerprint density at radius 1 is 1.33 bits per heavy atom. The summed E-state index contributed by atoms with van der Waals surface area (Å²) in [6.45, 7) is 8.91. The summed E-state index contributed by atoms with van der Waals surface area (Å²) in [5.41, 5.74) is 5.97. The maximum atomic E-state index is 12.2. The van der Waals surface area contributed by atoms with Gasteiger partial charge in [-0.1, -0.05) is 26.0 Å². The molecule has 0 bridgehead atoms. The van der Waals surface area contributed by atoms with E-state index in [0.717, 1.165) is 49.3 Å². The number of piperazine rings is 1. The molecule has 1 aromatic carbocycles. The molecule has 1 aliphatic heterocycles. The van der Waals surface area contributed by atoms with Crippen molar-refractivity contribution < 1.29 is 4.79 Å². The second-order valence-corrected chi connectivity index (χ2v) is 8.05. The van der Waals surface area contributed by atoms with Crippen LogP contribution in [0.1, 0.15) is 26.1 Å². The minimum atomic E-state index is -0.697. The van der Waals surface area contributed by atoms with Gasteiger partial charge in [-0.05, 0) is 30.4 Å². The molecule has 4 N–H and O–H groups in total. The molecule has 144 valence electrons. The molecule has 2 aromatic rings. The Hall–Kier alpha value is -2.25. The number of carbonyl (C=O) groups is 1. The zero-order chi connectivity index (χ0) is 19.0. The zero-order valence-electron chi connectivity index (χ0n) is 16.0. The molecule has 4 rings (SSSR count). The molecule has 2 heterocycles. The molecule has 1 aliphatic carbocycles. The van der Waals surface area contributed by atoms with Crippen LogP contribution in [0.3, 0.4) is 0 Å². The minimum absolute atomic E-state index is 0.236. The van der Waals surface area contributed by atoms with Crippen molar-refractivity contribution in [3.05, 3.63) is 30.1 Å². The number of amides is 1. The number of nitrogens with one attached hydrogen (secondary N) is 2. The van der Waals surface area contributed by atoms with Crippen LogP contribution < -0.4 is 16.4 Å². The van der Waals surface area contributed by atoms with Gasteiger partial charge in [0.15, 0.2) is 0 Å². The fourth-order valence-corrected chi connectivity index (χ4v) is 4.15. The first-order chi connectivity index (χ1) is 13.0. The van der Waals surface area contributed by atoms with Gasteiger partial charge in [0.2, 0.25) is 5.91 Å². The Kier molecular flexibility index (Phi) is 4.74. The lowest BCUT2D eigenvalue weighted by molar-refractivity contribution is -0.120. The summed E-state index contributed by atoms with van der Waals surface area (Å²) in [6.07, 6.45) is 0.755. The van der Waals surface area contributed by atoms with E-state index in [1.807, 2.05) is 24.3 Å². The lowest BCUT2D eigenvalue weighted by atomic mass is 10.0. The van der Waals surface area contributed by atoms with Gasteiger partial charge in [-0.3, -0.25) is 9.69 Å². The van der Waals surface area contributed by atoms with E-state index in [1.54, 1.807) is 0 Å². The molecule has 7 heteroatoms. The van der Waals surface area contributed by atoms with Crippen LogP contribution in [-0.2, 0) is 11.3 Å². The molecule has 0 spiro atoms. The monoisotopic (exact) mass is 368 g/mol. The normalized spacial score (nSPS) is 25.7. The molecule has 2 unspecified atom stereocenters. The van der Waals surface area contributed by atoms with Crippen molar-refractivity contribution in [2.45, 2.75) is 32.4 Å². The number of nitrogens with two attached hydrogens (primary N) is 1. The van der Waals surface area contributed by atoms with E-state index < -0.39 is 5.54 Å². The van der Waals surface area contributed by atoms with Gasteiger partial charge >= 0.3 is 0 Å². The molecule has 1 saturated carbocycles. The van der Waals surface area contributed by atoms with Crippen molar-refractivity contribution in [2.75, 3.05) is 31.5 Å². The first kappa shape index (κ1) is 18.1. The van der Waals surface area contributed by atoms with E-state index in [1.165, 1.54) is 0 Å². The number of aromatic nitrogens is 2. The fraction of sp³-hybridized carbons (Fsp3) is 0.550. The number of hydrogen-bond donors (Lipinski definition) is 3. The van der Waals surface area contributed by atoms with Crippen LogP contribution in [0.4, 0.5) is 5.82 Å². The van der Waals surface area contributed by atoms with Gasteiger partial charge in [-0.25, -0.2) is 9.97 Å². The molecule has 1 saturated heterocycles. The molecule has 2 aliphatic rings. The highest BCUT2D eigenvalue weighted by molar-refractivity contribution is 5.96. The third-order valence-electron chi connectivity index (χ3n) is 5.82. The van der Waals surface area contributed by atoms with Crippen LogP contribution in [0, 0.1) is 11.8 Å². The van der Waals surface area contributed by atoms with Crippen LogP contribution in [0.25, 0.3) is 10.9 Å². The van der Waals surface area contributed by atoms with Gasteiger partial charge in [-0.2, -0.15) is 0 Å². The lowest BCUT2D eigenvalue weighted by Crippen LogP contribution is -2.43. The van der Waals surface area contributed by atoms with Crippen molar-refractivity contribution in [3.63, 3.8) is 0 Å². The van der Waals surface area contributed by atoms with Crippen molar-refractivity contribution >= 4 is 22.6 Å². The quantitative estimate of drug-likeness (QED) is 0.712. The second-order valence-electron chi connectivity index (χ2n) is 8.05. The Morgan fingerprint density at radius 2 is 2.07 bits per heavy atom. The number of rotatable bonds is 6. The number of nitrogens with zero attached hydrogens (tertiary/aromatic N) is 3. The summed E-state index contributed by atoms with van der Waals surface area (Å²) in [7, 11) is 0. The van der Waals surface area contributed by atoms with E-state index in [2.05, 4.69) is 29.4 Å². The number of anilines is 1. The first-order valence-electron chi connectivity index (χ1n) is 9.76. The largest absolute Gasteiger partial charge is 0.368 e. The molecule has 2 fully saturated rings. The second kappa shape index (κ2) is 7.05. The zero-order valence-corrected chi connectivity index (χ0v) is 16.0. The Morgan fingerprint density at radius 3 is 2.74 bits per heavy atom. The molecule has 0 radical (unpaired) electrons. The molecule has 1 amide bonds. The molecule has 2 atom stereocenters. The Labute approximate surface area is 159 Å². The van der Waals surface area contributed by atoms with Crippen molar-refractivity contribution in [3.8, 4) is 0 Å². The van der Waals surface area contributed by atoms with Gasteiger partial charge in [0.05, 0.1) is 12.1 Å². The number of primary amides is 1. The molecule has 27 heavy (non-hydrogen) atoms. The maximum Gasteiger partial charge on any atom is 0.243 e. The van der Waals surface area contributed by atoms with Crippen molar-refractivity contribution in [1.82, 2.24) is 20.2 Å². The predicted octanol–water partition coefficient (Wildman–Crippen LogP) is 1.35. The highest BCUT2D eigenvalue weighted by Crippen LogP contribution is 2.50. The molecule has 1 aromatic heterocycles. The average Bonchev–Trinajstić information content (AvgIpc) is 3.39. The summed E-state index contributed by atoms with van der Waals surface area (Å²) >= 11 is 0. The maximum absolute atomic E-state index is 12.2. The highest BCUT2D eigenvalue weighted by Gasteiger charge is 2.60. The van der Waals surface area contributed by atoms with Gasteiger partial charge in [0.1, 0.15) is 17.2 Å². The third kappa shape index (κ3) is 3.49. The van der Waals surface area contributed by atoms with Crippen LogP contribution in [0.15, 0.2) is 24.3 Å². The van der Waals surface area contributed by atoms with E-state index in [9.17, 15) is 4.79 Å². The summed E-state index contributed by atoms with van der Waals surface area (Å²) < 4.78 is 0. The van der Waals surface area contributed by atoms with Crippen LogP contribution in [0.5, 0.6) is 0 Å². The standard InChI is InChI=1S/C20H28N6O/c1-13(2)15-11-20(15,19(21)27)25-18-14-5-3-4-6-16(14)23-17(24-18)12-26-9-7-22-8-10-26/h3-6,13,15,22H,7-12H2,1-2H3,(H2,21,27)(H,23,24,25). The van der Waals surface area contributed by atoms with E-state index in [0.29, 0.717) is 18.3 Å². The minimum Gasteiger partial charge on any atom is -0.368 e. The number of para-hydroxylation sites is 1. The average molecular weight is 368 g/mol.